The van der Waals surface area contributed by atoms with Gasteiger partial charge in [0.1, 0.15) is 0 Å². The minimum absolute atomic E-state index is 0. The largest absolute Gasteiger partial charge is 0.256 e. The van der Waals surface area contributed by atoms with Gasteiger partial charge in [0.05, 0.1) is 5.69 Å². The van der Waals surface area contributed by atoms with Crippen LogP contribution in [0.3, 0.4) is 0 Å². The van der Waals surface area contributed by atoms with Gasteiger partial charge < -0.3 is 0 Å². The Morgan fingerprint density at radius 3 is 2.11 bits per heavy atom. The first-order valence-corrected chi connectivity index (χ1v) is 5.34. The fourth-order valence-corrected chi connectivity index (χ4v) is 1.95. The van der Waals surface area contributed by atoms with Gasteiger partial charge in [-0.15, -0.1) is 0 Å². The van der Waals surface area contributed by atoms with Crippen molar-refractivity contribution in [3.05, 3.63) is 66.9 Å². The maximum Gasteiger partial charge on any atom is 0.0780 e. The molecule has 0 fully saturated rings. The van der Waals surface area contributed by atoms with E-state index in [-0.39, 0.29) is 39.0 Å². The molecular formula is C15H11NRu2. The van der Waals surface area contributed by atoms with Crippen molar-refractivity contribution in [2.24, 2.45) is 0 Å². The average Bonchev–Trinajstić information content (AvgIpc) is 2.39. The summed E-state index contributed by atoms with van der Waals surface area (Å²) in [6.07, 6.45) is 1.87. The Kier molecular flexibility index (Phi) is 5.79. The first-order valence-electron chi connectivity index (χ1n) is 5.34. The summed E-state index contributed by atoms with van der Waals surface area (Å²) in [4.78, 5) is 4.48. The van der Waals surface area contributed by atoms with Gasteiger partial charge in [-0.3, -0.25) is 4.98 Å². The van der Waals surface area contributed by atoms with Crippen LogP contribution in [0.1, 0.15) is 0 Å². The third kappa shape index (κ3) is 2.91. The van der Waals surface area contributed by atoms with E-state index < -0.39 is 0 Å². The van der Waals surface area contributed by atoms with Crippen LogP contribution in [0, 0.1) is 0 Å². The Balaban J connectivity index is 0.000000810. The molecule has 0 spiro atoms. The summed E-state index contributed by atoms with van der Waals surface area (Å²) < 4.78 is 0. The van der Waals surface area contributed by atoms with Gasteiger partial charge in [-0.1, -0.05) is 54.6 Å². The predicted molar refractivity (Wildman–Crippen MR) is 67.2 cm³/mol. The van der Waals surface area contributed by atoms with Crippen LogP contribution in [0.5, 0.6) is 0 Å². The molecule has 92 valence electrons. The number of fused-ring (bicyclic) bond motifs is 1. The molecule has 0 aliphatic carbocycles. The van der Waals surface area contributed by atoms with Gasteiger partial charge in [-0.2, -0.15) is 0 Å². The second kappa shape index (κ2) is 6.88. The van der Waals surface area contributed by atoms with E-state index in [4.69, 9.17) is 0 Å². The molecule has 0 aliphatic rings. The number of hydrogen-bond donors (Lipinski definition) is 0. The SMILES string of the molecule is [Ru].[Ru].c1ccc(-c2nccc3ccccc23)cc1. The van der Waals surface area contributed by atoms with E-state index in [0.29, 0.717) is 0 Å². The van der Waals surface area contributed by atoms with Crippen molar-refractivity contribution < 1.29 is 39.0 Å². The zero-order valence-corrected chi connectivity index (χ0v) is 13.0. The summed E-state index contributed by atoms with van der Waals surface area (Å²) in [6, 6.07) is 20.7. The second-order valence-corrected chi connectivity index (χ2v) is 3.75. The molecule has 0 N–H and O–H groups in total. The summed E-state index contributed by atoms with van der Waals surface area (Å²) in [7, 11) is 0. The van der Waals surface area contributed by atoms with Crippen molar-refractivity contribution in [2.75, 3.05) is 0 Å². The van der Waals surface area contributed by atoms with Crippen LogP contribution >= 0.6 is 0 Å². The predicted octanol–water partition coefficient (Wildman–Crippen LogP) is 3.90. The molecule has 3 heteroatoms. The topological polar surface area (TPSA) is 12.9 Å². The van der Waals surface area contributed by atoms with Gasteiger partial charge in [-0.25, -0.2) is 0 Å². The molecular weight excluding hydrogens is 396 g/mol. The van der Waals surface area contributed by atoms with Gasteiger partial charge in [0.25, 0.3) is 0 Å². The molecule has 2 aromatic carbocycles. The first-order chi connectivity index (χ1) is 7.95. The van der Waals surface area contributed by atoms with Crippen molar-refractivity contribution in [1.82, 2.24) is 4.98 Å². The molecule has 0 radical (unpaired) electrons. The molecule has 0 amide bonds. The molecule has 3 rings (SSSR count). The fraction of sp³-hybridized carbons (Fsp3) is 0. The fourth-order valence-electron chi connectivity index (χ4n) is 1.95. The minimum Gasteiger partial charge on any atom is -0.256 e. The van der Waals surface area contributed by atoms with Gasteiger partial charge in [0, 0.05) is 56.1 Å². The number of benzene rings is 2. The maximum atomic E-state index is 4.48. The normalized spacial score (nSPS) is 9.33. The zero-order chi connectivity index (χ0) is 10.8. The summed E-state index contributed by atoms with van der Waals surface area (Å²) in [6.45, 7) is 0. The monoisotopic (exact) mass is 409 g/mol. The number of nitrogens with zero attached hydrogens (tertiary/aromatic N) is 1. The zero-order valence-electron chi connectivity index (χ0n) is 9.51. The number of hydrogen-bond acceptors (Lipinski definition) is 1. The number of aromatic nitrogens is 1. The van der Waals surface area contributed by atoms with E-state index in [2.05, 4.69) is 41.4 Å². The van der Waals surface area contributed by atoms with E-state index >= 15 is 0 Å². The van der Waals surface area contributed by atoms with Crippen molar-refractivity contribution in [3.8, 4) is 11.3 Å². The Morgan fingerprint density at radius 2 is 1.33 bits per heavy atom. The van der Waals surface area contributed by atoms with Crippen molar-refractivity contribution >= 4 is 10.8 Å². The Hall–Kier alpha value is -0.903. The molecule has 1 nitrogen and oxygen atoms in total. The third-order valence-corrected chi connectivity index (χ3v) is 2.72. The maximum absolute atomic E-state index is 4.48. The molecule has 0 unspecified atom stereocenters. The van der Waals surface area contributed by atoms with Crippen LogP contribution in [0.25, 0.3) is 22.0 Å². The van der Waals surface area contributed by atoms with Crippen LogP contribution in [0.15, 0.2) is 66.9 Å². The van der Waals surface area contributed by atoms with Crippen molar-refractivity contribution in [2.45, 2.75) is 0 Å². The van der Waals surface area contributed by atoms with E-state index in [1.54, 1.807) is 0 Å². The van der Waals surface area contributed by atoms with Gasteiger partial charge in [-0.05, 0) is 11.5 Å². The van der Waals surface area contributed by atoms with E-state index in [0.717, 1.165) is 5.69 Å². The Morgan fingerprint density at radius 1 is 0.667 bits per heavy atom. The molecule has 0 saturated carbocycles. The van der Waals surface area contributed by atoms with Crippen molar-refractivity contribution in [1.29, 1.82) is 0 Å². The van der Waals surface area contributed by atoms with Crippen LogP contribution in [0.4, 0.5) is 0 Å². The summed E-state index contributed by atoms with van der Waals surface area (Å²) in [5.74, 6) is 0. The van der Waals surface area contributed by atoms with Crippen LogP contribution < -0.4 is 0 Å². The first kappa shape index (κ1) is 15.2. The Bertz CT molecular complexity index is 618. The number of rotatable bonds is 1. The quantitative estimate of drug-likeness (QED) is 0.558. The summed E-state index contributed by atoms with van der Waals surface area (Å²) in [5.41, 5.74) is 2.22. The van der Waals surface area contributed by atoms with Crippen LogP contribution in [0.2, 0.25) is 0 Å². The molecule has 18 heavy (non-hydrogen) atoms. The summed E-state index contributed by atoms with van der Waals surface area (Å²) in [5, 5.41) is 2.44. The van der Waals surface area contributed by atoms with E-state index in [9.17, 15) is 0 Å². The molecule has 0 atom stereocenters. The van der Waals surface area contributed by atoms with Crippen LogP contribution in [-0.4, -0.2) is 4.98 Å². The third-order valence-electron chi connectivity index (χ3n) is 2.72. The molecule has 0 aliphatic heterocycles. The van der Waals surface area contributed by atoms with E-state index in [1.807, 2.05) is 30.5 Å². The van der Waals surface area contributed by atoms with Crippen molar-refractivity contribution in [3.63, 3.8) is 0 Å². The molecule has 0 bridgehead atoms. The van der Waals surface area contributed by atoms with Gasteiger partial charge >= 0.3 is 0 Å². The average molecular weight is 407 g/mol. The molecule has 3 aromatic rings. The van der Waals surface area contributed by atoms with Gasteiger partial charge in [0.2, 0.25) is 0 Å². The second-order valence-electron chi connectivity index (χ2n) is 3.75. The summed E-state index contributed by atoms with van der Waals surface area (Å²) >= 11 is 0. The smallest absolute Gasteiger partial charge is 0.0780 e. The standard InChI is InChI=1S/C15H11N.2Ru/c1-2-7-13(8-3-1)15-14-9-5-4-6-12(14)10-11-16-15;;/h1-11H;;. The van der Waals surface area contributed by atoms with E-state index in [1.165, 1.54) is 16.3 Å². The van der Waals surface area contributed by atoms with Crippen LogP contribution in [-0.2, 0) is 39.0 Å². The molecule has 1 heterocycles. The molecule has 0 saturated heterocycles. The molecule has 1 aromatic heterocycles. The Labute approximate surface area is 132 Å². The minimum atomic E-state index is 0. The number of pyridine rings is 1. The van der Waals surface area contributed by atoms with Gasteiger partial charge in [0.15, 0.2) is 0 Å².